The average molecular weight is 441 g/mol. The lowest BCUT2D eigenvalue weighted by atomic mass is 9.96. The van der Waals surface area contributed by atoms with Gasteiger partial charge in [-0.05, 0) is 30.0 Å². The molecule has 1 aliphatic carbocycles. The highest BCUT2D eigenvalue weighted by molar-refractivity contribution is 5.75. The van der Waals surface area contributed by atoms with Crippen LogP contribution in [-0.2, 0) is 16.9 Å². The zero-order valence-corrected chi connectivity index (χ0v) is 18.2. The molecular formula is C26H24N4O3. The van der Waals surface area contributed by atoms with E-state index in [4.69, 9.17) is 4.74 Å². The molecule has 7 nitrogen and oxygen atoms in total. The van der Waals surface area contributed by atoms with E-state index in [1.54, 1.807) is 24.9 Å². The second-order valence-corrected chi connectivity index (χ2v) is 8.20. The van der Waals surface area contributed by atoms with Crippen molar-refractivity contribution in [3.8, 4) is 5.75 Å². The largest absolute Gasteiger partial charge is 0.477 e. The predicted octanol–water partition coefficient (Wildman–Crippen LogP) is 4.51. The number of allylic oxidation sites excluding steroid dienone is 1. The van der Waals surface area contributed by atoms with E-state index in [-0.39, 0.29) is 6.04 Å². The maximum Gasteiger partial charge on any atom is 0.371 e. The van der Waals surface area contributed by atoms with E-state index in [0.717, 1.165) is 35.1 Å². The summed E-state index contributed by atoms with van der Waals surface area (Å²) in [5.41, 5.74) is 2.22. The molecule has 0 amide bonds. The number of carbonyl (C=O) groups is 1. The molecule has 7 heteroatoms. The number of ether oxygens (including phenoxy) is 1. The Bertz CT molecular complexity index is 1290. The molecular weight excluding hydrogens is 416 g/mol. The number of benzene rings is 2. The topological polar surface area (TPSA) is 82.2 Å². The minimum absolute atomic E-state index is 0.199. The van der Waals surface area contributed by atoms with Crippen molar-refractivity contribution in [2.45, 2.75) is 31.5 Å². The van der Waals surface area contributed by atoms with Gasteiger partial charge in [0, 0.05) is 36.6 Å². The lowest BCUT2D eigenvalue weighted by Crippen LogP contribution is -2.45. The third kappa shape index (κ3) is 3.82. The molecule has 33 heavy (non-hydrogen) atoms. The zero-order valence-electron chi connectivity index (χ0n) is 18.2. The molecule has 2 heterocycles. The highest BCUT2D eigenvalue weighted by Gasteiger charge is 2.40. The molecule has 1 N–H and O–H groups in total. The van der Waals surface area contributed by atoms with Crippen molar-refractivity contribution in [1.82, 2.24) is 19.3 Å². The number of fused-ring (bicyclic) bond motifs is 1. The van der Waals surface area contributed by atoms with E-state index in [1.807, 2.05) is 65.4 Å². The molecule has 166 valence electrons. The lowest BCUT2D eigenvalue weighted by Gasteiger charge is -2.28. The average Bonchev–Trinajstić information content (AvgIpc) is 3.54. The Hall–Kier alpha value is -4.13. The summed E-state index contributed by atoms with van der Waals surface area (Å²) in [6.07, 6.45) is 14.6. The molecule has 1 aliphatic rings. The molecule has 2 unspecified atom stereocenters. The summed E-state index contributed by atoms with van der Waals surface area (Å²) in [7, 11) is 0. The summed E-state index contributed by atoms with van der Waals surface area (Å²) in [5.74, 6) is -0.562. The van der Waals surface area contributed by atoms with Crippen molar-refractivity contribution in [1.29, 1.82) is 0 Å². The van der Waals surface area contributed by atoms with Gasteiger partial charge in [0.2, 0.25) is 0 Å². The van der Waals surface area contributed by atoms with Gasteiger partial charge in [-0.2, -0.15) is 5.10 Å². The van der Waals surface area contributed by atoms with E-state index in [9.17, 15) is 9.90 Å². The summed E-state index contributed by atoms with van der Waals surface area (Å²) >= 11 is 0. The molecule has 0 saturated carbocycles. The van der Waals surface area contributed by atoms with Crippen LogP contribution < -0.4 is 4.74 Å². The summed E-state index contributed by atoms with van der Waals surface area (Å²) < 4.78 is 9.54. The first kappa shape index (κ1) is 20.8. The Morgan fingerprint density at radius 3 is 2.76 bits per heavy atom. The first-order valence-electron chi connectivity index (χ1n) is 10.8. The summed E-state index contributed by atoms with van der Waals surface area (Å²) in [6.45, 7) is 1.53. The molecule has 0 bridgehead atoms. The van der Waals surface area contributed by atoms with Crippen molar-refractivity contribution in [3.05, 3.63) is 108 Å². The third-order valence-electron chi connectivity index (χ3n) is 6.03. The number of hydrogen-bond acceptors (Lipinski definition) is 4. The maximum absolute atomic E-state index is 12.5. The van der Waals surface area contributed by atoms with Crippen molar-refractivity contribution < 1.29 is 14.6 Å². The van der Waals surface area contributed by atoms with Crippen molar-refractivity contribution >= 4 is 12.0 Å². The monoisotopic (exact) mass is 440 g/mol. The fourth-order valence-electron chi connectivity index (χ4n) is 4.25. The van der Waals surface area contributed by atoms with Gasteiger partial charge in [0.25, 0.3) is 5.72 Å². The third-order valence-corrected chi connectivity index (χ3v) is 6.03. The molecule has 0 spiro atoms. The van der Waals surface area contributed by atoms with Crippen LogP contribution in [0.3, 0.4) is 0 Å². The van der Waals surface area contributed by atoms with E-state index >= 15 is 0 Å². The van der Waals surface area contributed by atoms with Gasteiger partial charge < -0.3 is 14.4 Å². The summed E-state index contributed by atoms with van der Waals surface area (Å²) in [6, 6.07) is 15.5. The standard InChI is InChI=1S/C26H24N4O3/c1-26(25(31)32,33-23-13-7-11-19-8-5-6-12-22(19)23)30-17-21(16-28-30)24(29-15-14-27-18-29)20-9-3-2-4-10-20/h2-5,7-11,13-18,24H,6,12H2,1H3,(H,31,32). The second kappa shape index (κ2) is 8.43. The number of carboxylic acids is 1. The van der Waals surface area contributed by atoms with Crippen LogP contribution in [0.2, 0.25) is 0 Å². The fourth-order valence-corrected chi connectivity index (χ4v) is 4.25. The van der Waals surface area contributed by atoms with E-state index in [2.05, 4.69) is 16.2 Å². The molecule has 0 saturated heterocycles. The van der Waals surface area contributed by atoms with Crippen molar-refractivity contribution in [2.75, 3.05) is 0 Å². The molecule has 2 aromatic carbocycles. The lowest BCUT2D eigenvalue weighted by molar-refractivity contribution is -0.164. The van der Waals surface area contributed by atoms with Crippen LogP contribution in [0.25, 0.3) is 6.08 Å². The normalized spacial score (nSPS) is 15.4. The molecule has 0 radical (unpaired) electrons. The predicted molar refractivity (Wildman–Crippen MR) is 124 cm³/mol. The van der Waals surface area contributed by atoms with Gasteiger partial charge in [-0.3, -0.25) is 0 Å². The SMILES string of the molecule is CC(Oc1cccc2c1CCC=C2)(C(=O)O)n1cc(C(c2ccccc2)n2ccnc2)cn1. The van der Waals surface area contributed by atoms with Crippen LogP contribution in [-0.4, -0.2) is 30.4 Å². The first-order chi connectivity index (χ1) is 16.1. The van der Waals surface area contributed by atoms with Crippen LogP contribution in [0.4, 0.5) is 0 Å². The van der Waals surface area contributed by atoms with Crippen LogP contribution in [0.1, 0.15) is 41.6 Å². The van der Waals surface area contributed by atoms with Gasteiger partial charge in [0.1, 0.15) is 5.75 Å². The number of rotatable bonds is 7. The summed E-state index contributed by atoms with van der Waals surface area (Å²) in [5, 5.41) is 14.6. The first-order valence-corrected chi connectivity index (χ1v) is 10.8. The van der Waals surface area contributed by atoms with E-state index in [0.29, 0.717) is 5.75 Å². The number of aromatic nitrogens is 4. The maximum atomic E-state index is 12.5. The zero-order chi connectivity index (χ0) is 22.8. The minimum atomic E-state index is -1.72. The number of imidazole rings is 1. The number of nitrogens with zero attached hydrogens (tertiary/aromatic N) is 4. The smallest absolute Gasteiger partial charge is 0.371 e. The van der Waals surface area contributed by atoms with Crippen molar-refractivity contribution in [3.63, 3.8) is 0 Å². The van der Waals surface area contributed by atoms with Crippen LogP contribution in [0.5, 0.6) is 5.75 Å². The van der Waals surface area contributed by atoms with E-state index < -0.39 is 11.7 Å². The Kier molecular flexibility index (Phi) is 5.30. The highest BCUT2D eigenvalue weighted by atomic mass is 16.5. The van der Waals surface area contributed by atoms with Gasteiger partial charge in [-0.25, -0.2) is 14.5 Å². The molecule has 4 aromatic rings. The fraction of sp³-hybridized carbons (Fsp3) is 0.192. The van der Waals surface area contributed by atoms with Gasteiger partial charge in [0.05, 0.1) is 18.6 Å². The molecule has 2 aromatic heterocycles. The van der Waals surface area contributed by atoms with Gasteiger partial charge >= 0.3 is 5.97 Å². The van der Waals surface area contributed by atoms with Gasteiger partial charge in [-0.1, -0.05) is 54.6 Å². The molecule has 0 aliphatic heterocycles. The van der Waals surface area contributed by atoms with Crippen LogP contribution in [0.15, 0.2) is 85.7 Å². The van der Waals surface area contributed by atoms with Gasteiger partial charge in [0.15, 0.2) is 0 Å². The highest BCUT2D eigenvalue weighted by Crippen LogP contribution is 2.33. The van der Waals surface area contributed by atoms with Gasteiger partial charge in [-0.15, -0.1) is 0 Å². The van der Waals surface area contributed by atoms with Crippen molar-refractivity contribution in [2.24, 2.45) is 0 Å². The Balaban J connectivity index is 1.54. The number of carboxylic acid groups (broad SMARTS) is 1. The minimum Gasteiger partial charge on any atom is -0.477 e. The number of aliphatic carboxylic acids is 1. The molecule has 2 atom stereocenters. The van der Waals surface area contributed by atoms with E-state index in [1.165, 1.54) is 11.6 Å². The second-order valence-electron chi connectivity index (χ2n) is 8.20. The molecule has 0 fully saturated rings. The Labute approximate surface area is 191 Å². The quantitative estimate of drug-likeness (QED) is 0.457. The molecule has 5 rings (SSSR count). The Morgan fingerprint density at radius 2 is 2.00 bits per heavy atom. The van der Waals surface area contributed by atoms with Crippen LogP contribution in [0, 0.1) is 0 Å². The Morgan fingerprint density at radius 1 is 1.15 bits per heavy atom. The summed E-state index contributed by atoms with van der Waals surface area (Å²) in [4.78, 5) is 16.6. The van der Waals surface area contributed by atoms with Crippen LogP contribution >= 0.6 is 0 Å². The number of hydrogen-bond donors (Lipinski definition) is 1.